The minimum Gasteiger partial charge on any atom is -0.493 e. The molecule has 0 radical (unpaired) electrons. The molecule has 7 N–H and O–H groups in total. The van der Waals surface area contributed by atoms with E-state index in [9.17, 15) is 34.1 Å². The number of amides is 5. The van der Waals surface area contributed by atoms with E-state index in [1.807, 2.05) is 0 Å². The lowest BCUT2D eigenvalue weighted by Gasteiger charge is -2.27. The quantitative estimate of drug-likeness (QED) is 0.240. The van der Waals surface area contributed by atoms with E-state index in [2.05, 4.69) is 16.0 Å². The van der Waals surface area contributed by atoms with E-state index in [1.54, 1.807) is 13.8 Å². The van der Waals surface area contributed by atoms with Crippen LogP contribution in [-0.4, -0.2) is 59.2 Å². The highest BCUT2D eigenvalue weighted by Gasteiger charge is 2.33. The van der Waals surface area contributed by atoms with Crippen LogP contribution in [0.5, 0.6) is 5.75 Å². The molecule has 190 valence electrons. The van der Waals surface area contributed by atoms with Crippen LogP contribution in [0.1, 0.15) is 43.5 Å². The lowest BCUT2D eigenvalue weighted by Crippen LogP contribution is -2.58. The van der Waals surface area contributed by atoms with E-state index in [1.165, 1.54) is 6.07 Å². The number of fused-ring (bicyclic) bond motifs is 1. The van der Waals surface area contributed by atoms with Crippen LogP contribution in [0, 0.1) is 16.0 Å². The van der Waals surface area contributed by atoms with E-state index in [0.717, 1.165) is 12.1 Å². The zero-order chi connectivity index (χ0) is 26.3. The van der Waals surface area contributed by atoms with Gasteiger partial charge in [0.25, 0.3) is 11.6 Å². The fraction of sp³-hybridized carbons (Fsp3) is 0.476. The minimum atomic E-state index is -1.44. The highest BCUT2D eigenvalue weighted by molar-refractivity contribution is 6.01. The second-order valence-corrected chi connectivity index (χ2v) is 8.11. The average Bonchev–Trinajstić information content (AvgIpc) is 2.79. The smallest absolute Gasteiger partial charge is 0.270 e. The molecule has 0 spiro atoms. The van der Waals surface area contributed by atoms with Gasteiger partial charge < -0.3 is 32.2 Å². The van der Waals surface area contributed by atoms with E-state index in [4.69, 9.17) is 16.2 Å². The molecule has 1 aromatic carbocycles. The molecule has 14 heteroatoms. The Morgan fingerprint density at radius 1 is 1.17 bits per heavy atom. The molecule has 0 saturated carbocycles. The van der Waals surface area contributed by atoms with E-state index >= 15 is 0 Å². The van der Waals surface area contributed by atoms with Crippen molar-refractivity contribution in [3.8, 4) is 5.75 Å². The van der Waals surface area contributed by atoms with Gasteiger partial charge in [-0.15, -0.1) is 0 Å². The molecular formula is C21H28N6O8. The number of hydrogen-bond acceptors (Lipinski definition) is 8. The van der Waals surface area contributed by atoms with E-state index in [0.29, 0.717) is 6.42 Å². The Kier molecular flexibility index (Phi) is 9.08. The number of nitrogens with zero attached hydrogens (tertiary/aromatic N) is 1. The van der Waals surface area contributed by atoms with E-state index < -0.39 is 64.9 Å². The maximum Gasteiger partial charge on any atom is 0.270 e. The Bertz CT molecular complexity index is 1030. The molecule has 0 fully saturated rings. The molecule has 1 unspecified atom stereocenters. The molecule has 1 aliphatic heterocycles. The van der Waals surface area contributed by atoms with Gasteiger partial charge in [-0.25, -0.2) is 0 Å². The Morgan fingerprint density at radius 3 is 2.43 bits per heavy atom. The van der Waals surface area contributed by atoms with Gasteiger partial charge in [-0.05, 0) is 12.0 Å². The fourth-order valence-electron chi connectivity index (χ4n) is 3.37. The normalized spacial score (nSPS) is 22.2. The van der Waals surface area contributed by atoms with E-state index in [-0.39, 0.29) is 30.0 Å². The number of carbonyl (C=O) groups excluding carboxylic acids is 5. The van der Waals surface area contributed by atoms with Crippen molar-refractivity contribution in [3.05, 3.63) is 33.9 Å². The lowest BCUT2D eigenvalue weighted by molar-refractivity contribution is -0.384. The number of nitrogens with one attached hydrogen (secondary N) is 3. The van der Waals surface area contributed by atoms with Gasteiger partial charge in [0.05, 0.1) is 23.5 Å². The minimum absolute atomic E-state index is 0.0328. The lowest BCUT2D eigenvalue weighted by atomic mass is 9.97. The van der Waals surface area contributed by atoms with Crippen molar-refractivity contribution in [1.29, 1.82) is 0 Å². The largest absolute Gasteiger partial charge is 0.493 e. The number of primary amides is 2. The fourth-order valence-corrected chi connectivity index (χ4v) is 3.37. The van der Waals surface area contributed by atoms with Crippen molar-refractivity contribution in [2.45, 2.75) is 51.2 Å². The van der Waals surface area contributed by atoms with Crippen molar-refractivity contribution in [2.75, 3.05) is 6.61 Å². The molecule has 0 aliphatic carbocycles. The number of non-ortho nitro benzene ring substituents is 1. The number of nitrogens with two attached hydrogens (primary N) is 2. The first-order valence-corrected chi connectivity index (χ1v) is 10.8. The van der Waals surface area contributed by atoms with Gasteiger partial charge in [-0.2, -0.15) is 0 Å². The van der Waals surface area contributed by atoms with Crippen LogP contribution in [0.25, 0.3) is 0 Å². The summed E-state index contributed by atoms with van der Waals surface area (Å²) < 4.78 is 5.58. The van der Waals surface area contributed by atoms with Crippen molar-refractivity contribution in [1.82, 2.24) is 16.0 Å². The molecule has 5 amide bonds. The topological polar surface area (TPSA) is 226 Å². The van der Waals surface area contributed by atoms with Gasteiger partial charge in [0.1, 0.15) is 23.9 Å². The van der Waals surface area contributed by atoms with Gasteiger partial charge in [0.2, 0.25) is 23.6 Å². The summed E-state index contributed by atoms with van der Waals surface area (Å²) in [7, 11) is 0. The molecular weight excluding hydrogens is 464 g/mol. The molecule has 35 heavy (non-hydrogen) atoms. The zero-order valence-electron chi connectivity index (χ0n) is 19.2. The van der Waals surface area contributed by atoms with Gasteiger partial charge in [-0.3, -0.25) is 34.1 Å². The summed E-state index contributed by atoms with van der Waals surface area (Å²) in [6, 6.07) is -0.502. The van der Waals surface area contributed by atoms with Gasteiger partial charge in [0.15, 0.2) is 0 Å². The Balaban J connectivity index is 2.55. The first kappa shape index (κ1) is 27.0. The van der Waals surface area contributed by atoms with Crippen molar-refractivity contribution in [3.63, 3.8) is 0 Å². The van der Waals surface area contributed by atoms with Gasteiger partial charge >= 0.3 is 0 Å². The zero-order valence-corrected chi connectivity index (χ0v) is 19.2. The molecule has 0 aromatic heterocycles. The first-order valence-electron chi connectivity index (χ1n) is 10.8. The number of ether oxygens (including phenoxy) is 1. The highest BCUT2D eigenvalue weighted by atomic mass is 16.6. The summed E-state index contributed by atoms with van der Waals surface area (Å²) in [6.45, 7) is 3.24. The average molecular weight is 492 g/mol. The van der Waals surface area contributed by atoms with Crippen LogP contribution in [0.4, 0.5) is 5.69 Å². The second kappa shape index (κ2) is 11.8. The van der Waals surface area contributed by atoms with Gasteiger partial charge in [-0.1, -0.05) is 20.3 Å². The Labute approximate surface area is 200 Å². The molecule has 2 rings (SSSR count). The number of rotatable bonds is 6. The molecule has 0 saturated heterocycles. The first-order chi connectivity index (χ1) is 16.4. The highest BCUT2D eigenvalue weighted by Crippen LogP contribution is 2.25. The summed E-state index contributed by atoms with van der Waals surface area (Å²) in [5.74, 6) is -4.77. The summed E-state index contributed by atoms with van der Waals surface area (Å²) >= 11 is 0. The summed E-state index contributed by atoms with van der Waals surface area (Å²) in [6.07, 6.45) is -0.269. The summed E-state index contributed by atoms with van der Waals surface area (Å²) in [5.41, 5.74) is 10.00. The maximum atomic E-state index is 13.1. The van der Waals surface area contributed by atoms with Crippen molar-refractivity contribution < 1.29 is 33.6 Å². The third kappa shape index (κ3) is 7.12. The van der Waals surface area contributed by atoms with Crippen LogP contribution in [-0.2, 0) is 19.2 Å². The van der Waals surface area contributed by atoms with Crippen LogP contribution in [0.3, 0.4) is 0 Å². The van der Waals surface area contributed by atoms with Crippen LogP contribution >= 0.6 is 0 Å². The molecule has 4 atom stereocenters. The number of hydrogen-bond donors (Lipinski definition) is 5. The maximum absolute atomic E-state index is 13.1. The van der Waals surface area contributed by atoms with Crippen molar-refractivity contribution in [2.24, 2.45) is 17.4 Å². The third-order valence-electron chi connectivity index (χ3n) is 5.56. The number of nitro groups is 1. The third-order valence-corrected chi connectivity index (χ3v) is 5.56. The molecule has 1 aromatic rings. The molecule has 1 aliphatic rings. The predicted molar refractivity (Wildman–Crippen MR) is 121 cm³/mol. The number of nitro benzene ring substituents is 1. The second-order valence-electron chi connectivity index (χ2n) is 8.11. The van der Waals surface area contributed by atoms with Gasteiger partial charge in [0, 0.05) is 18.6 Å². The van der Waals surface area contributed by atoms with Crippen LogP contribution < -0.4 is 32.2 Å². The summed E-state index contributed by atoms with van der Waals surface area (Å²) in [5, 5.41) is 18.5. The monoisotopic (exact) mass is 492 g/mol. The number of benzene rings is 1. The number of carbonyl (C=O) groups is 5. The standard InChI is InChI=1S/C21H28N6O8/c1-3-10(2)17-21(32)25-14(9-16(22)28)20(31)24-13(18(23)29)6-7-35-15-5-4-11(27(33)34)8-12(15)19(30)26-17/h4-5,8,10,13-14,17H,3,6-7,9H2,1-2H3,(H2,22,28)(H2,23,29)(H,24,31)(H,25,32)(H,26,30)/t10?,13-,14-,17-/m0/s1. The molecule has 14 nitrogen and oxygen atoms in total. The van der Waals surface area contributed by atoms with Crippen molar-refractivity contribution >= 4 is 35.2 Å². The van der Waals surface area contributed by atoms with Crippen LogP contribution in [0.15, 0.2) is 18.2 Å². The molecule has 0 bridgehead atoms. The predicted octanol–water partition coefficient (Wildman–Crippen LogP) is -1.15. The Morgan fingerprint density at radius 2 is 1.86 bits per heavy atom. The van der Waals surface area contributed by atoms with Crippen LogP contribution in [0.2, 0.25) is 0 Å². The Hall–Kier alpha value is -4.23. The molecule has 1 heterocycles. The summed E-state index contributed by atoms with van der Waals surface area (Å²) in [4.78, 5) is 72.9. The SMILES string of the molecule is CCC(C)[C@@H]1NC(=O)c2cc([N+](=O)[O-])ccc2OCC[C@@H](C(N)=O)NC(=O)[C@H](CC(N)=O)NC1=O.